The van der Waals surface area contributed by atoms with Crippen molar-refractivity contribution >= 4 is 17.9 Å². The van der Waals surface area contributed by atoms with E-state index in [4.69, 9.17) is 16.1 Å². The number of hydrogen-bond donors (Lipinski definition) is 3. The summed E-state index contributed by atoms with van der Waals surface area (Å²) in [6.07, 6.45) is -0.343. The Labute approximate surface area is 98.0 Å². The number of amides is 3. The van der Waals surface area contributed by atoms with Crippen LogP contribution in [-0.4, -0.2) is 47.5 Å². The smallest absolute Gasteiger partial charge is 0.326 e. The number of rotatable bonds is 6. The van der Waals surface area contributed by atoms with Crippen molar-refractivity contribution in [1.29, 1.82) is 5.26 Å². The molecule has 0 aliphatic carbocycles. The minimum absolute atomic E-state index is 0.136. The molecule has 8 nitrogen and oxygen atoms in total. The van der Waals surface area contributed by atoms with E-state index < -0.39 is 30.4 Å². The van der Waals surface area contributed by atoms with Gasteiger partial charge in [0, 0.05) is 13.6 Å². The maximum absolute atomic E-state index is 11.4. The molecular weight excluding hydrogens is 228 g/mol. The number of nitriles is 1. The summed E-state index contributed by atoms with van der Waals surface area (Å²) in [5, 5.41) is 19.2. The van der Waals surface area contributed by atoms with Gasteiger partial charge < -0.3 is 21.1 Å². The molecule has 17 heavy (non-hydrogen) atoms. The summed E-state index contributed by atoms with van der Waals surface area (Å²) in [5.41, 5.74) is 4.85. The van der Waals surface area contributed by atoms with E-state index in [-0.39, 0.29) is 13.0 Å². The molecule has 0 heterocycles. The first-order valence-corrected chi connectivity index (χ1v) is 4.78. The molecular formula is C9H14N4O4. The second-order valence-electron chi connectivity index (χ2n) is 3.34. The second-order valence-corrected chi connectivity index (χ2v) is 3.34. The zero-order valence-corrected chi connectivity index (χ0v) is 9.34. The van der Waals surface area contributed by atoms with E-state index in [1.165, 1.54) is 7.05 Å². The van der Waals surface area contributed by atoms with E-state index in [0.29, 0.717) is 0 Å². The summed E-state index contributed by atoms with van der Waals surface area (Å²) in [4.78, 5) is 33.9. The lowest BCUT2D eigenvalue weighted by Gasteiger charge is -2.19. The highest BCUT2D eigenvalue weighted by molar-refractivity contribution is 5.87. The van der Waals surface area contributed by atoms with Crippen LogP contribution in [-0.2, 0) is 9.59 Å². The highest BCUT2D eigenvalue weighted by Gasteiger charge is 2.23. The minimum Gasteiger partial charge on any atom is -0.480 e. The van der Waals surface area contributed by atoms with Gasteiger partial charge in [-0.3, -0.25) is 4.79 Å². The van der Waals surface area contributed by atoms with Crippen molar-refractivity contribution in [2.24, 2.45) is 5.73 Å². The van der Waals surface area contributed by atoms with Crippen LogP contribution < -0.4 is 11.1 Å². The van der Waals surface area contributed by atoms with Gasteiger partial charge >= 0.3 is 12.0 Å². The largest absolute Gasteiger partial charge is 0.480 e. The molecule has 0 fully saturated rings. The molecule has 0 saturated carbocycles. The number of nitrogens with two attached hydrogens (primary N) is 1. The van der Waals surface area contributed by atoms with Crippen LogP contribution in [0.5, 0.6) is 0 Å². The minimum atomic E-state index is -1.36. The molecule has 0 bridgehead atoms. The number of carboxylic acid groups (broad SMARTS) is 1. The predicted molar refractivity (Wildman–Crippen MR) is 56.6 cm³/mol. The van der Waals surface area contributed by atoms with Crippen LogP contribution in [0.4, 0.5) is 4.79 Å². The molecule has 1 atom stereocenters. The van der Waals surface area contributed by atoms with Gasteiger partial charge in [0.15, 0.2) is 0 Å². The molecule has 94 valence electrons. The van der Waals surface area contributed by atoms with Crippen LogP contribution >= 0.6 is 0 Å². The first-order valence-electron chi connectivity index (χ1n) is 4.78. The number of urea groups is 1. The molecule has 0 unspecified atom stereocenters. The fourth-order valence-corrected chi connectivity index (χ4v) is 0.980. The van der Waals surface area contributed by atoms with Gasteiger partial charge in [-0.15, -0.1) is 0 Å². The maximum Gasteiger partial charge on any atom is 0.326 e. The standard InChI is InChI=1S/C9H14N4O4/c1-13(4-2-3-10)9(17)12-6(8(15)16)5-7(11)14/h6H,2,4-5H2,1H3,(H2,11,14)(H,12,17)(H,15,16)/t6-/m0/s1. The lowest BCUT2D eigenvalue weighted by molar-refractivity contribution is -0.140. The SMILES string of the molecule is CN(CCC#N)C(=O)N[C@@H](CC(N)=O)C(=O)O. The average molecular weight is 242 g/mol. The molecule has 0 saturated heterocycles. The van der Waals surface area contributed by atoms with Crippen molar-refractivity contribution in [3.05, 3.63) is 0 Å². The number of aliphatic carboxylic acids is 1. The van der Waals surface area contributed by atoms with Crippen LogP contribution in [0.3, 0.4) is 0 Å². The van der Waals surface area contributed by atoms with Gasteiger partial charge in [0.1, 0.15) is 6.04 Å². The summed E-state index contributed by atoms with van der Waals surface area (Å²) in [7, 11) is 1.41. The Bertz CT molecular complexity index is 349. The van der Waals surface area contributed by atoms with E-state index >= 15 is 0 Å². The highest BCUT2D eigenvalue weighted by atomic mass is 16.4. The van der Waals surface area contributed by atoms with Crippen molar-refractivity contribution in [1.82, 2.24) is 10.2 Å². The summed E-state index contributed by atoms with van der Waals surface area (Å²) >= 11 is 0. The van der Waals surface area contributed by atoms with Crippen LogP contribution in [0.2, 0.25) is 0 Å². The number of nitrogens with zero attached hydrogens (tertiary/aromatic N) is 2. The Morgan fingerprint density at radius 1 is 1.53 bits per heavy atom. The summed E-state index contributed by atoms with van der Waals surface area (Å²) in [6, 6.07) is -0.180. The van der Waals surface area contributed by atoms with Crippen LogP contribution in [0.1, 0.15) is 12.8 Å². The molecule has 0 spiro atoms. The highest BCUT2D eigenvalue weighted by Crippen LogP contribution is 1.95. The molecule has 3 amide bonds. The van der Waals surface area contributed by atoms with Gasteiger partial charge in [0.05, 0.1) is 18.9 Å². The Hall–Kier alpha value is -2.30. The van der Waals surface area contributed by atoms with Crippen molar-refractivity contribution in [3.8, 4) is 6.07 Å². The third-order valence-corrected chi connectivity index (χ3v) is 1.91. The number of hydrogen-bond acceptors (Lipinski definition) is 4. The van der Waals surface area contributed by atoms with Gasteiger partial charge in [0.2, 0.25) is 5.91 Å². The van der Waals surface area contributed by atoms with Gasteiger partial charge in [-0.2, -0.15) is 5.26 Å². The Kier molecular flexibility index (Phi) is 6.10. The number of carbonyl (C=O) groups excluding carboxylic acids is 2. The van der Waals surface area contributed by atoms with Crippen LogP contribution in [0.15, 0.2) is 0 Å². The van der Waals surface area contributed by atoms with Gasteiger partial charge in [-0.25, -0.2) is 9.59 Å². The number of nitrogens with one attached hydrogen (secondary N) is 1. The summed E-state index contributed by atoms with van der Waals surface area (Å²) in [5.74, 6) is -2.16. The quantitative estimate of drug-likeness (QED) is 0.541. The fourth-order valence-electron chi connectivity index (χ4n) is 0.980. The van der Waals surface area contributed by atoms with Crippen LogP contribution in [0.25, 0.3) is 0 Å². The lowest BCUT2D eigenvalue weighted by atomic mass is 10.2. The van der Waals surface area contributed by atoms with Gasteiger partial charge in [-0.05, 0) is 0 Å². The fraction of sp³-hybridized carbons (Fsp3) is 0.556. The maximum atomic E-state index is 11.4. The number of carboxylic acids is 1. The van der Waals surface area contributed by atoms with E-state index in [2.05, 4.69) is 5.32 Å². The van der Waals surface area contributed by atoms with Crippen molar-refractivity contribution < 1.29 is 19.5 Å². The molecule has 0 aromatic rings. The van der Waals surface area contributed by atoms with Crippen LogP contribution in [0, 0.1) is 11.3 Å². The number of carbonyl (C=O) groups is 3. The topological polar surface area (TPSA) is 137 Å². The average Bonchev–Trinajstić information content (AvgIpc) is 2.23. The molecule has 0 rings (SSSR count). The monoisotopic (exact) mass is 242 g/mol. The van der Waals surface area contributed by atoms with Crippen molar-refractivity contribution in [2.75, 3.05) is 13.6 Å². The third kappa shape index (κ3) is 5.99. The number of primary amides is 1. The zero-order valence-electron chi connectivity index (χ0n) is 9.34. The zero-order chi connectivity index (χ0) is 13.4. The normalized spacial score (nSPS) is 11.1. The second kappa shape index (κ2) is 7.05. The first kappa shape index (κ1) is 14.7. The molecule has 4 N–H and O–H groups in total. The lowest BCUT2D eigenvalue weighted by Crippen LogP contribution is -2.48. The summed E-state index contributed by atoms with van der Waals surface area (Å²) in [6.45, 7) is 0.172. The third-order valence-electron chi connectivity index (χ3n) is 1.91. The molecule has 0 aromatic heterocycles. The van der Waals surface area contributed by atoms with Crippen molar-refractivity contribution in [2.45, 2.75) is 18.9 Å². The van der Waals surface area contributed by atoms with E-state index in [9.17, 15) is 14.4 Å². The van der Waals surface area contributed by atoms with E-state index in [1.54, 1.807) is 0 Å². The van der Waals surface area contributed by atoms with Gasteiger partial charge in [-0.1, -0.05) is 0 Å². The Morgan fingerprint density at radius 3 is 2.53 bits per heavy atom. The molecule has 0 aliphatic rings. The summed E-state index contributed by atoms with van der Waals surface area (Å²) < 4.78 is 0. The van der Waals surface area contributed by atoms with E-state index in [0.717, 1.165) is 4.90 Å². The predicted octanol–water partition coefficient (Wildman–Crippen LogP) is -1.13. The van der Waals surface area contributed by atoms with Gasteiger partial charge in [0.25, 0.3) is 0 Å². The molecule has 0 radical (unpaired) electrons. The Balaban J connectivity index is 4.35. The van der Waals surface area contributed by atoms with E-state index in [1.807, 2.05) is 6.07 Å². The Morgan fingerprint density at radius 2 is 2.12 bits per heavy atom. The molecule has 0 aromatic carbocycles. The van der Waals surface area contributed by atoms with Crippen molar-refractivity contribution in [3.63, 3.8) is 0 Å². The molecule has 0 aliphatic heterocycles. The first-order chi connectivity index (χ1) is 7.88. The molecule has 8 heteroatoms.